The first-order chi connectivity index (χ1) is 2.81. The van der Waals surface area contributed by atoms with Crippen LogP contribution in [-0.4, -0.2) is 18.4 Å². The fourth-order valence-corrected chi connectivity index (χ4v) is 0.0456. The highest BCUT2D eigenvalue weighted by Crippen LogP contribution is 1.61. The standard InChI is InChI=1S/C2H5NO3/c1-6-2(4)3-5/h5H,1H3,(H,3,4). The number of nitrogens with one attached hydrogen (secondary N) is 1. The molecule has 0 saturated heterocycles. The zero-order chi connectivity index (χ0) is 4.99. The molecule has 0 aliphatic carbocycles. The van der Waals surface area contributed by atoms with Gasteiger partial charge < -0.3 is 4.74 Å². The molecule has 0 spiro atoms. The van der Waals surface area contributed by atoms with Gasteiger partial charge >= 0.3 is 6.09 Å². The van der Waals surface area contributed by atoms with E-state index in [2.05, 4.69) is 4.74 Å². The minimum absolute atomic E-state index is 0.852. The van der Waals surface area contributed by atoms with E-state index in [0.29, 0.717) is 0 Å². The van der Waals surface area contributed by atoms with Crippen molar-refractivity contribution in [1.29, 1.82) is 0 Å². The number of methoxy groups -OCH3 is 1. The molecule has 0 aromatic rings. The van der Waals surface area contributed by atoms with E-state index in [-0.39, 0.29) is 0 Å². The Kier molecular flexibility index (Phi) is 2.15. The molecule has 0 aromatic carbocycles. The van der Waals surface area contributed by atoms with Crippen molar-refractivity contribution >= 4 is 6.09 Å². The number of carbonyl (C=O) groups is 1. The fourth-order valence-electron chi connectivity index (χ4n) is 0.0456. The topological polar surface area (TPSA) is 58.6 Å². The van der Waals surface area contributed by atoms with Gasteiger partial charge in [0.25, 0.3) is 0 Å². The van der Waals surface area contributed by atoms with Crippen LogP contribution in [0.5, 0.6) is 0 Å². The van der Waals surface area contributed by atoms with Crippen LogP contribution < -0.4 is 5.48 Å². The van der Waals surface area contributed by atoms with Crippen molar-refractivity contribution in [1.82, 2.24) is 5.48 Å². The second kappa shape index (κ2) is 2.47. The van der Waals surface area contributed by atoms with E-state index in [1.807, 2.05) is 0 Å². The average Bonchev–Trinajstić information content (AvgIpc) is 1.65. The summed E-state index contributed by atoms with van der Waals surface area (Å²) in [7, 11) is 1.16. The minimum Gasteiger partial charge on any atom is -0.451 e. The number of ether oxygens (including phenoxy) is 1. The maximum absolute atomic E-state index is 9.60. The van der Waals surface area contributed by atoms with Crippen molar-refractivity contribution in [3.8, 4) is 0 Å². The smallest absolute Gasteiger partial charge is 0.430 e. The first-order valence-electron chi connectivity index (χ1n) is 1.29. The number of hydroxylamine groups is 1. The Labute approximate surface area is 34.7 Å². The Morgan fingerprint density at radius 2 is 2.50 bits per heavy atom. The molecule has 0 radical (unpaired) electrons. The monoisotopic (exact) mass is 91.0 g/mol. The first-order valence-corrected chi connectivity index (χ1v) is 1.29. The molecule has 0 aliphatic heterocycles. The number of amides is 1. The molecular formula is C2H5NO3. The summed E-state index contributed by atoms with van der Waals surface area (Å²) in [4.78, 5) is 9.60. The van der Waals surface area contributed by atoms with Crippen molar-refractivity contribution < 1.29 is 14.7 Å². The molecule has 6 heavy (non-hydrogen) atoms. The molecule has 0 atom stereocenters. The molecule has 0 heterocycles. The van der Waals surface area contributed by atoms with Crippen molar-refractivity contribution in [2.24, 2.45) is 0 Å². The molecule has 0 fully saturated rings. The van der Waals surface area contributed by atoms with Crippen LogP contribution in [0.3, 0.4) is 0 Å². The van der Waals surface area contributed by atoms with Crippen LogP contribution >= 0.6 is 0 Å². The van der Waals surface area contributed by atoms with Crippen LogP contribution in [-0.2, 0) is 4.74 Å². The number of rotatable bonds is 0. The van der Waals surface area contributed by atoms with Crippen LogP contribution in [0.15, 0.2) is 0 Å². The minimum atomic E-state index is -0.852. The van der Waals surface area contributed by atoms with Crippen LogP contribution in [0.4, 0.5) is 4.79 Å². The normalized spacial score (nSPS) is 7.00. The fraction of sp³-hybridized carbons (Fsp3) is 0.500. The lowest BCUT2D eigenvalue weighted by molar-refractivity contribution is 0.106. The highest BCUT2D eigenvalue weighted by Gasteiger charge is 1.87. The van der Waals surface area contributed by atoms with Gasteiger partial charge in [-0.15, -0.1) is 0 Å². The molecule has 4 nitrogen and oxygen atoms in total. The van der Waals surface area contributed by atoms with Crippen molar-refractivity contribution in [3.63, 3.8) is 0 Å². The third-order valence-corrected chi connectivity index (χ3v) is 0.277. The Morgan fingerprint density at radius 3 is 2.50 bits per heavy atom. The molecule has 0 unspecified atom stereocenters. The van der Waals surface area contributed by atoms with Gasteiger partial charge in [0.05, 0.1) is 7.11 Å². The zero-order valence-corrected chi connectivity index (χ0v) is 3.26. The van der Waals surface area contributed by atoms with Crippen LogP contribution in [0.1, 0.15) is 0 Å². The Hall–Kier alpha value is -0.770. The lowest BCUT2D eigenvalue weighted by atomic mass is 11.2. The second-order valence-corrected chi connectivity index (χ2v) is 0.603. The van der Waals surface area contributed by atoms with E-state index >= 15 is 0 Å². The number of hydrogen-bond acceptors (Lipinski definition) is 3. The van der Waals surface area contributed by atoms with Crippen LogP contribution in [0, 0.1) is 0 Å². The SMILES string of the molecule is COC(=O)NO. The molecular weight excluding hydrogens is 86.0 g/mol. The molecule has 1 amide bonds. The van der Waals surface area contributed by atoms with Crippen LogP contribution in [0.25, 0.3) is 0 Å². The highest BCUT2D eigenvalue weighted by atomic mass is 16.6. The quantitative estimate of drug-likeness (QED) is 0.318. The maximum Gasteiger partial charge on any atom is 0.430 e. The van der Waals surface area contributed by atoms with E-state index in [0.717, 1.165) is 7.11 Å². The van der Waals surface area contributed by atoms with E-state index in [9.17, 15) is 4.79 Å². The molecule has 0 saturated carbocycles. The predicted octanol–water partition coefficient (Wildman–Crippen LogP) is -0.268. The molecule has 0 aliphatic rings. The molecule has 4 heteroatoms. The van der Waals surface area contributed by atoms with Crippen molar-refractivity contribution in [3.05, 3.63) is 0 Å². The number of hydrogen-bond donors (Lipinski definition) is 2. The van der Waals surface area contributed by atoms with E-state index in [4.69, 9.17) is 5.21 Å². The summed E-state index contributed by atoms with van der Waals surface area (Å²) in [5.74, 6) is 0. The largest absolute Gasteiger partial charge is 0.451 e. The van der Waals surface area contributed by atoms with Gasteiger partial charge in [-0.3, -0.25) is 5.21 Å². The predicted molar refractivity (Wildman–Crippen MR) is 17.3 cm³/mol. The molecule has 2 N–H and O–H groups in total. The molecule has 0 rings (SSSR count). The zero-order valence-electron chi connectivity index (χ0n) is 3.26. The molecule has 36 valence electrons. The summed E-state index contributed by atoms with van der Waals surface area (Å²) in [6.07, 6.45) is -0.852. The van der Waals surface area contributed by atoms with Gasteiger partial charge in [0.1, 0.15) is 0 Å². The summed E-state index contributed by atoms with van der Waals surface area (Å²) >= 11 is 0. The number of carbonyl (C=O) groups excluding carboxylic acids is 1. The Morgan fingerprint density at radius 1 is 2.00 bits per heavy atom. The van der Waals surface area contributed by atoms with E-state index < -0.39 is 6.09 Å². The van der Waals surface area contributed by atoms with Gasteiger partial charge in [0, 0.05) is 0 Å². The maximum atomic E-state index is 9.60. The Balaban J connectivity index is 2.99. The van der Waals surface area contributed by atoms with E-state index in [1.165, 1.54) is 5.48 Å². The van der Waals surface area contributed by atoms with Gasteiger partial charge in [0.2, 0.25) is 0 Å². The van der Waals surface area contributed by atoms with E-state index in [1.54, 1.807) is 0 Å². The summed E-state index contributed by atoms with van der Waals surface area (Å²) in [5.41, 5.74) is 1.25. The summed E-state index contributed by atoms with van der Waals surface area (Å²) in [5, 5.41) is 7.61. The molecule has 0 bridgehead atoms. The first kappa shape index (κ1) is 5.23. The van der Waals surface area contributed by atoms with Gasteiger partial charge in [-0.25, -0.2) is 10.3 Å². The second-order valence-electron chi connectivity index (χ2n) is 0.603. The van der Waals surface area contributed by atoms with Crippen molar-refractivity contribution in [2.45, 2.75) is 0 Å². The highest BCUT2D eigenvalue weighted by molar-refractivity contribution is 5.65. The molecule has 0 aromatic heterocycles. The van der Waals surface area contributed by atoms with Gasteiger partial charge in [-0.05, 0) is 0 Å². The lowest BCUT2D eigenvalue weighted by Crippen LogP contribution is -2.17. The Bertz CT molecular complexity index is 46.8. The average molecular weight is 91.1 g/mol. The van der Waals surface area contributed by atoms with Crippen molar-refractivity contribution in [2.75, 3.05) is 7.11 Å². The summed E-state index contributed by atoms with van der Waals surface area (Å²) in [6.45, 7) is 0. The third kappa shape index (κ3) is 1.54. The summed E-state index contributed by atoms with van der Waals surface area (Å²) < 4.78 is 3.90. The third-order valence-electron chi connectivity index (χ3n) is 0.277. The van der Waals surface area contributed by atoms with Crippen LogP contribution in [0.2, 0.25) is 0 Å². The van der Waals surface area contributed by atoms with Gasteiger partial charge in [-0.1, -0.05) is 0 Å². The summed E-state index contributed by atoms with van der Waals surface area (Å²) in [6, 6.07) is 0. The lowest BCUT2D eigenvalue weighted by Gasteiger charge is -1.89. The van der Waals surface area contributed by atoms with Gasteiger partial charge in [0.15, 0.2) is 0 Å². The van der Waals surface area contributed by atoms with Gasteiger partial charge in [-0.2, -0.15) is 0 Å².